The van der Waals surface area contributed by atoms with E-state index in [-0.39, 0.29) is 26.9 Å². The third-order valence-corrected chi connectivity index (χ3v) is 4.33. The number of carbonyl (C=O) groups excluding carboxylic acids is 1. The molecule has 0 N–H and O–H groups in total. The molecule has 17 heavy (non-hydrogen) atoms. The largest absolute Gasteiger partial charge is 0.446 e. The lowest BCUT2D eigenvalue weighted by atomic mass is 10.1. The van der Waals surface area contributed by atoms with E-state index in [9.17, 15) is 18.0 Å². The highest BCUT2D eigenvalue weighted by Gasteiger charge is 2.31. The molecule has 0 bridgehead atoms. The summed E-state index contributed by atoms with van der Waals surface area (Å²) in [5, 5.41) is -0.946. The molecule has 1 aromatic carbocycles. The predicted molar refractivity (Wildman–Crippen MR) is 65.3 cm³/mol. The molecule has 1 unspecified atom stereocenters. The normalized spacial score (nSPS) is 13.5. The van der Waals surface area contributed by atoms with Gasteiger partial charge in [0, 0.05) is 9.37 Å². The Morgan fingerprint density at radius 3 is 2.53 bits per heavy atom. The van der Waals surface area contributed by atoms with Crippen LogP contribution in [0.4, 0.5) is 13.2 Å². The number of rotatable bonds is 3. The maximum absolute atomic E-state index is 12.3. The molecule has 0 amide bonds. The fourth-order valence-electron chi connectivity index (χ4n) is 1.15. The number of thioether (sulfide) groups is 1. The zero-order valence-electron chi connectivity index (χ0n) is 8.52. The van der Waals surface area contributed by atoms with E-state index in [1.54, 1.807) is 0 Å². The van der Waals surface area contributed by atoms with Crippen molar-refractivity contribution in [1.82, 2.24) is 0 Å². The number of carbonyl (C=O) groups is 1. The van der Waals surface area contributed by atoms with Crippen LogP contribution in [0, 0.1) is 0 Å². The molecule has 0 heterocycles. The molecule has 0 aliphatic carbocycles. The van der Waals surface area contributed by atoms with Crippen LogP contribution in [0.25, 0.3) is 0 Å². The van der Waals surface area contributed by atoms with Crippen molar-refractivity contribution >= 4 is 45.1 Å². The standard InChI is InChI=1S/C10H7BrClF3OS/c1-5(16)9(12)6-3-2-4-7(8(6)11)17-10(13,14)15/h2-4,9H,1H3. The van der Waals surface area contributed by atoms with Crippen LogP contribution < -0.4 is 0 Å². The van der Waals surface area contributed by atoms with Gasteiger partial charge in [-0.1, -0.05) is 12.1 Å². The van der Waals surface area contributed by atoms with Crippen LogP contribution in [0.5, 0.6) is 0 Å². The Kier molecular flexibility index (Phi) is 4.92. The van der Waals surface area contributed by atoms with Crippen LogP contribution >= 0.6 is 39.3 Å². The summed E-state index contributed by atoms with van der Waals surface area (Å²) in [4.78, 5) is 11.1. The first-order chi connectivity index (χ1) is 7.72. The second-order valence-electron chi connectivity index (χ2n) is 3.18. The van der Waals surface area contributed by atoms with Crippen LogP contribution in [0.3, 0.4) is 0 Å². The van der Waals surface area contributed by atoms with E-state index in [4.69, 9.17) is 11.6 Å². The first kappa shape index (κ1) is 14.9. The molecule has 0 radical (unpaired) electrons. The second-order valence-corrected chi connectivity index (χ2v) is 5.52. The minimum absolute atomic E-state index is 0.0121. The molecule has 0 saturated heterocycles. The Morgan fingerprint density at radius 1 is 1.47 bits per heavy atom. The van der Waals surface area contributed by atoms with Crippen molar-refractivity contribution in [2.75, 3.05) is 0 Å². The number of hydrogen-bond acceptors (Lipinski definition) is 2. The van der Waals surface area contributed by atoms with E-state index < -0.39 is 10.9 Å². The van der Waals surface area contributed by atoms with E-state index >= 15 is 0 Å². The van der Waals surface area contributed by atoms with Gasteiger partial charge in [0.15, 0.2) is 5.78 Å². The van der Waals surface area contributed by atoms with Crippen LogP contribution in [0.1, 0.15) is 17.9 Å². The van der Waals surface area contributed by atoms with Gasteiger partial charge >= 0.3 is 5.51 Å². The lowest BCUT2D eigenvalue weighted by Crippen LogP contribution is -2.04. The molecule has 1 aromatic rings. The fraction of sp³-hybridized carbons (Fsp3) is 0.300. The number of ketones is 1. The van der Waals surface area contributed by atoms with Gasteiger partial charge in [0.05, 0.1) is 0 Å². The summed E-state index contributed by atoms with van der Waals surface area (Å²) in [6, 6.07) is 4.27. The fourth-order valence-corrected chi connectivity index (χ4v) is 2.80. The van der Waals surface area contributed by atoms with Crippen molar-refractivity contribution in [3.05, 3.63) is 28.2 Å². The lowest BCUT2D eigenvalue weighted by Gasteiger charge is -2.13. The number of Topliss-reactive ketones (excluding diaryl/α,β-unsaturated/α-hetero) is 1. The van der Waals surface area contributed by atoms with E-state index in [1.165, 1.54) is 25.1 Å². The number of alkyl halides is 4. The molecular formula is C10H7BrClF3OS. The Bertz CT molecular complexity index is 436. The maximum atomic E-state index is 12.3. The number of hydrogen-bond donors (Lipinski definition) is 0. The number of halogens is 5. The summed E-state index contributed by atoms with van der Waals surface area (Å²) >= 11 is 8.62. The van der Waals surface area contributed by atoms with E-state index in [2.05, 4.69) is 15.9 Å². The molecule has 1 rings (SSSR count). The van der Waals surface area contributed by atoms with Crippen LogP contribution in [0.2, 0.25) is 0 Å². The Morgan fingerprint density at radius 2 is 2.06 bits per heavy atom. The van der Waals surface area contributed by atoms with E-state index in [1.807, 2.05) is 0 Å². The molecular weight excluding hydrogens is 341 g/mol. The Labute approximate surface area is 114 Å². The minimum atomic E-state index is -4.38. The van der Waals surface area contributed by atoms with Gasteiger partial charge in [-0.25, -0.2) is 0 Å². The lowest BCUT2D eigenvalue weighted by molar-refractivity contribution is -0.116. The summed E-state index contributed by atoms with van der Waals surface area (Å²) in [7, 11) is 0. The average Bonchev–Trinajstić information content (AvgIpc) is 2.18. The average molecular weight is 348 g/mol. The molecule has 94 valence electrons. The number of benzene rings is 1. The van der Waals surface area contributed by atoms with Gasteiger partial charge in [-0.2, -0.15) is 13.2 Å². The molecule has 0 aliphatic rings. The molecule has 1 atom stereocenters. The summed E-state index contributed by atoms with van der Waals surface area (Å²) in [6.07, 6.45) is 0. The van der Waals surface area contributed by atoms with Gasteiger partial charge in [0.2, 0.25) is 0 Å². The van der Waals surface area contributed by atoms with Crippen molar-refractivity contribution in [3.63, 3.8) is 0 Å². The summed E-state index contributed by atoms with van der Waals surface area (Å²) in [5.74, 6) is -0.318. The molecule has 0 saturated carbocycles. The molecule has 0 aliphatic heterocycles. The monoisotopic (exact) mass is 346 g/mol. The highest BCUT2D eigenvalue weighted by molar-refractivity contribution is 9.10. The van der Waals surface area contributed by atoms with Crippen molar-refractivity contribution in [2.24, 2.45) is 0 Å². The Hall–Kier alpha value is -0.200. The maximum Gasteiger partial charge on any atom is 0.446 e. The molecule has 0 spiro atoms. The zero-order valence-corrected chi connectivity index (χ0v) is 11.7. The van der Waals surface area contributed by atoms with Crippen LogP contribution in [-0.2, 0) is 4.79 Å². The summed E-state index contributed by atoms with van der Waals surface area (Å²) in [6.45, 7) is 1.29. The van der Waals surface area contributed by atoms with Crippen molar-refractivity contribution in [1.29, 1.82) is 0 Å². The SMILES string of the molecule is CC(=O)C(Cl)c1cccc(SC(F)(F)F)c1Br. The minimum Gasteiger partial charge on any atom is -0.298 e. The van der Waals surface area contributed by atoms with Gasteiger partial charge in [-0.3, -0.25) is 4.79 Å². The zero-order chi connectivity index (χ0) is 13.2. The predicted octanol–water partition coefficient (Wildman–Crippen LogP) is 4.93. The molecule has 7 heteroatoms. The van der Waals surface area contributed by atoms with E-state index in [0.29, 0.717) is 5.56 Å². The third kappa shape index (κ3) is 4.19. The second kappa shape index (κ2) is 5.63. The first-order valence-electron chi connectivity index (χ1n) is 4.41. The van der Waals surface area contributed by atoms with Gasteiger partial charge in [0.25, 0.3) is 0 Å². The van der Waals surface area contributed by atoms with Gasteiger partial charge in [0.1, 0.15) is 5.38 Å². The molecule has 1 nitrogen and oxygen atoms in total. The van der Waals surface area contributed by atoms with Crippen molar-refractivity contribution in [2.45, 2.75) is 22.7 Å². The van der Waals surface area contributed by atoms with Crippen molar-refractivity contribution in [3.8, 4) is 0 Å². The third-order valence-electron chi connectivity index (χ3n) is 1.85. The highest BCUT2D eigenvalue weighted by Crippen LogP contribution is 2.43. The van der Waals surface area contributed by atoms with Gasteiger partial charge < -0.3 is 0 Å². The molecule has 0 fully saturated rings. The highest BCUT2D eigenvalue weighted by atomic mass is 79.9. The molecule has 0 aromatic heterocycles. The van der Waals surface area contributed by atoms with Crippen molar-refractivity contribution < 1.29 is 18.0 Å². The summed E-state index contributed by atoms with van der Waals surface area (Å²) < 4.78 is 37.0. The first-order valence-corrected chi connectivity index (χ1v) is 6.45. The quantitative estimate of drug-likeness (QED) is 0.569. The van der Waals surface area contributed by atoms with Gasteiger partial charge in [-0.05, 0) is 46.2 Å². The van der Waals surface area contributed by atoms with Gasteiger partial charge in [-0.15, -0.1) is 11.6 Å². The van der Waals surface area contributed by atoms with Crippen LogP contribution in [-0.4, -0.2) is 11.3 Å². The van der Waals surface area contributed by atoms with E-state index in [0.717, 1.165) is 0 Å². The topological polar surface area (TPSA) is 17.1 Å². The Balaban J connectivity index is 3.12. The smallest absolute Gasteiger partial charge is 0.298 e. The summed E-state index contributed by atoms with van der Waals surface area (Å²) in [5.41, 5.74) is -4.03. The van der Waals surface area contributed by atoms with Crippen LogP contribution in [0.15, 0.2) is 27.6 Å².